The minimum absolute atomic E-state index is 0.693. The molecule has 0 heterocycles. The van der Waals surface area contributed by atoms with Crippen molar-refractivity contribution in [3.8, 4) is 11.8 Å². The maximum atomic E-state index is 3.38. The number of hydrogen-bond acceptors (Lipinski definition) is 0. The first-order valence-corrected chi connectivity index (χ1v) is 5.47. The Morgan fingerprint density at radius 2 is 1.79 bits per heavy atom. The summed E-state index contributed by atoms with van der Waals surface area (Å²) >= 11 is 0. The Morgan fingerprint density at radius 1 is 1.07 bits per heavy atom. The zero-order valence-corrected chi connectivity index (χ0v) is 8.50. The Hall–Kier alpha value is -1.22. The quantitative estimate of drug-likeness (QED) is 0.587. The molecule has 0 aromatic heterocycles. The van der Waals surface area contributed by atoms with Crippen LogP contribution in [0.2, 0.25) is 0 Å². The Balaban J connectivity index is 1.87. The summed E-state index contributed by atoms with van der Waals surface area (Å²) in [5, 5.41) is 0. The largest absolute Gasteiger partial charge is 0.0996 e. The van der Waals surface area contributed by atoms with Gasteiger partial charge >= 0.3 is 0 Å². The van der Waals surface area contributed by atoms with Crippen molar-refractivity contribution in [2.45, 2.75) is 32.1 Å². The lowest BCUT2D eigenvalue weighted by Gasteiger charge is -1.96. The second kappa shape index (κ2) is 4.86. The maximum absolute atomic E-state index is 3.38. The SMILES string of the molecule is C(#CC1CCCC1)Cc1ccccc1. The molecule has 0 spiro atoms. The molecule has 0 radical (unpaired) electrons. The van der Waals surface area contributed by atoms with Crippen molar-refractivity contribution in [2.24, 2.45) is 5.92 Å². The molecule has 0 saturated heterocycles. The summed E-state index contributed by atoms with van der Waals surface area (Å²) in [7, 11) is 0. The predicted molar refractivity (Wildman–Crippen MR) is 59.9 cm³/mol. The molecule has 0 heteroatoms. The highest BCUT2D eigenvalue weighted by molar-refractivity contribution is 5.21. The second-order valence-corrected chi connectivity index (χ2v) is 3.96. The van der Waals surface area contributed by atoms with E-state index in [2.05, 4.69) is 36.1 Å². The fourth-order valence-electron chi connectivity index (χ4n) is 1.96. The summed E-state index contributed by atoms with van der Waals surface area (Å²) < 4.78 is 0. The minimum Gasteiger partial charge on any atom is -0.0996 e. The standard InChI is InChI=1S/C14H16/c1-2-7-13(8-3-1)11-6-12-14-9-4-5-10-14/h1-3,7-8,14H,4-5,9-11H2. The van der Waals surface area contributed by atoms with Crippen LogP contribution in [0.5, 0.6) is 0 Å². The van der Waals surface area contributed by atoms with Gasteiger partial charge in [-0.1, -0.05) is 55.0 Å². The molecule has 0 bridgehead atoms. The van der Waals surface area contributed by atoms with E-state index < -0.39 is 0 Å². The molecule has 0 nitrogen and oxygen atoms in total. The summed E-state index contributed by atoms with van der Waals surface area (Å²) in [4.78, 5) is 0. The van der Waals surface area contributed by atoms with Crippen LogP contribution in [0.25, 0.3) is 0 Å². The third-order valence-electron chi connectivity index (χ3n) is 2.80. The van der Waals surface area contributed by atoms with Crippen molar-refractivity contribution in [1.82, 2.24) is 0 Å². The lowest BCUT2D eigenvalue weighted by atomic mass is 10.1. The van der Waals surface area contributed by atoms with E-state index in [0.29, 0.717) is 5.92 Å². The molecule has 1 aromatic carbocycles. The third-order valence-corrected chi connectivity index (χ3v) is 2.80. The lowest BCUT2D eigenvalue weighted by molar-refractivity contribution is 0.711. The molecule has 0 aliphatic heterocycles. The van der Waals surface area contributed by atoms with Crippen molar-refractivity contribution >= 4 is 0 Å². The fraction of sp³-hybridized carbons (Fsp3) is 0.429. The average molecular weight is 184 g/mol. The van der Waals surface area contributed by atoms with Gasteiger partial charge in [0.15, 0.2) is 0 Å². The smallest absolute Gasteiger partial charge is 0.0340 e. The molecule has 0 N–H and O–H groups in total. The van der Waals surface area contributed by atoms with Crippen LogP contribution in [-0.2, 0) is 6.42 Å². The van der Waals surface area contributed by atoms with Gasteiger partial charge < -0.3 is 0 Å². The maximum Gasteiger partial charge on any atom is 0.0340 e. The Kier molecular flexibility index (Phi) is 3.24. The highest BCUT2D eigenvalue weighted by Gasteiger charge is 2.10. The van der Waals surface area contributed by atoms with Crippen LogP contribution in [0.4, 0.5) is 0 Å². The van der Waals surface area contributed by atoms with E-state index in [-0.39, 0.29) is 0 Å². The molecule has 0 atom stereocenters. The van der Waals surface area contributed by atoms with Gasteiger partial charge in [0, 0.05) is 12.3 Å². The van der Waals surface area contributed by atoms with E-state index >= 15 is 0 Å². The molecule has 14 heavy (non-hydrogen) atoms. The van der Waals surface area contributed by atoms with Gasteiger partial charge in [-0.3, -0.25) is 0 Å². The predicted octanol–water partition coefficient (Wildman–Crippen LogP) is 3.42. The normalized spacial score (nSPS) is 16.3. The van der Waals surface area contributed by atoms with Gasteiger partial charge in [-0.05, 0) is 18.4 Å². The third kappa shape index (κ3) is 2.64. The van der Waals surface area contributed by atoms with Crippen LogP contribution in [-0.4, -0.2) is 0 Å². The van der Waals surface area contributed by atoms with Crippen molar-refractivity contribution in [3.63, 3.8) is 0 Å². The molecule has 0 unspecified atom stereocenters. The molecule has 2 rings (SSSR count). The van der Waals surface area contributed by atoms with E-state index in [1.807, 2.05) is 6.07 Å². The Morgan fingerprint density at radius 3 is 2.50 bits per heavy atom. The van der Waals surface area contributed by atoms with Gasteiger partial charge in [0.25, 0.3) is 0 Å². The lowest BCUT2D eigenvalue weighted by Crippen LogP contribution is -1.87. The van der Waals surface area contributed by atoms with E-state index in [0.717, 1.165) is 6.42 Å². The summed E-state index contributed by atoms with van der Waals surface area (Å²) in [5.74, 6) is 7.37. The molecule has 1 saturated carbocycles. The van der Waals surface area contributed by atoms with Crippen LogP contribution in [0, 0.1) is 17.8 Å². The number of rotatable bonds is 1. The number of benzene rings is 1. The Bertz CT molecular complexity index is 320. The summed E-state index contributed by atoms with van der Waals surface area (Å²) in [5.41, 5.74) is 1.33. The highest BCUT2D eigenvalue weighted by Crippen LogP contribution is 2.23. The monoisotopic (exact) mass is 184 g/mol. The van der Waals surface area contributed by atoms with E-state index in [4.69, 9.17) is 0 Å². The van der Waals surface area contributed by atoms with Crippen LogP contribution in [0.15, 0.2) is 30.3 Å². The van der Waals surface area contributed by atoms with Gasteiger partial charge in [0.05, 0.1) is 0 Å². The molecule has 0 amide bonds. The summed E-state index contributed by atoms with van der Waals surface area (Å²) in [6.07, 6.45) is 6.32. The minimum atomic E-state index is 0.693. The van der Waals surface area contributed by atoms with Crippen molar-refractivity contribution in [2.75, 3.05) is 0 Å². The topological polar surface area (TPSA) is 0 Å². The van der Waals surface area contributed by atoms with Crippen LogP contribution in [0.3, 0.4) is 0 Å². The zero-order chi connectivity index (χ0) is 9.64. The van der Waals surface area contributed by atoms with Crippen LogP contribution in [0.1, 0.15) is 31.2 Å². The van der Waals surface area contributed by atoms with Gasteiger partial charge in [0.1, 0.15) is 0 Å². The molecule has 1 aliphatic rings. The van der Waals surface area contributed by atoms with Crippen molar-refractivity contribution < 1.29 is 0 Å². The molecule has 1 aromatic rings. The summed E-state index contributed by atoms with van der Waals surface area (Å²) in [6, 6.07) is 10.5. The molecular formula is C14H16. The van der Waals surface area contributed by atoms with Gasteiger partial charge in [-0.15, -0.1) is 0 Å². The first kappa shape index (κ1) is 9.34. The van der Waals surface area contributed by atoms with E-state index in [9.17, 15) is 0 Å². The van der Waals surface area contributed by atoms with Gasteiger partial charge in [0.2, 0.25) is 0 Å². The Labute approximate surface area is 86.3 Å². The van der Waals surface area contributed by atoms with Crippen molar-refractivity contribution in [3.05, 3.63) is 35.9 Å². The molecular weight excluding hydrogens is 168 g/mol. The van der Waals surface area contributed by atoms with Gasteiger partial charge in [-0.25, -0.2) is 0 Å². The van der Waals surface area contributed by atoms with Crippen molar-refractivity contribution in [1.29, 1.82) is 0 Å². The first-order chi connectivity index (χ1) is 6.95. The van der Waals surface area contributed by atoms with E-state index in [1.54, 1.807) is 0 Å². The molecule has 1 aliphatic carbocycles. The average Bonchev–Trinajstić information content (AvgIpc) is 2.72. The van der Waals surface area contributed by atoms with Gasteiger partial charge in [-0.2, -0.15) is 0 Å². The van der Waals surface area contributed by atoms with Crippen LogP contribution < -0.4 is 0 Å². The zero-order valence-electron chi connectivity index (χ0n) is 8.50. The fourth-order valence-corrected chi connectivity index (χ4v) is 1.96. The second-order valence-electron chi connectivity index (χ2n) is 3.96. The summed E-state index contributed by atoms with van der Waals surface area (Å²) in [6.45, 7) is 0. The highest BCUT2D eigenvalue weighted by atomic mass is 14.1. The first-order valence-electron chi connectivity index (χ1n) is 5.47. The van der Waals surface area contributed by atoms with E-state index in [1.165, 1.54) is 31.2 Å². The molecule has 72 valence electrons. The molecule has 1 fully saturated rings. The number of hydrogen-bond donors (Lipinski definition) is 0. The van der Waals surface area contributed by atoms with Crippen LogP contribution >= 0.6 is 0 Å².